The summed E-state index contributed by atoms with van der Waals surface area (Å²) in [6.07, 6.45) is 4.63. The van der Waals surface area contributed by atoms with Crippen LogP contribution in [-0.2, 0) is 0 Å². The van der Waals surface area contributed by atoms with Crippen LogP contribution in [0.5, 0.6) is 5.75 Å². The summed E-state index contributed by atoms with van der Waals surface area (Å²) >= 11 is 0. The Labute approximate surface area is 154 Å². The molecule has 1 atom stereocenters. The van der Waals surface area contributed by atoms with Crippen molar-refractivity contribution in [2.24, 2.45) is 0 Å². The Kier molecular flexibility index (Phi) is 6.00. The lowest BCUT2D eigenvalue weighted by molar-refractivity contribution is 0.0978. The largest absolute Gasteiger partial charge is 0.497 e. The molecule has 3 aromatic carbocycles. The third-order valence-electron chi connectivity index (χ3n) is 4.37. The maximum atomic E-state index is 12.8. The number of benzene rings is 3. The molecule has 0 saturated heterocycles. The number of Topliss-reactive ketones (excluding diaryl/α,β-unsaturated/α-hetero) is 1. The Morgan fingerprint density at radius 1 is 0.885 bits per heavy atom. The summed E-state index contributed by atoms with van der Waals surface area (Å²) < 4.78 is 5.16. The lowest BCUT2D eigenvalue weighted by Gasteiger charge is -2.13. The van der Waals surface area contributed by atoms with Gasteiger partial charge in [0.15, 0.2) is 5.78 Å². The second-order valence-electron chi connectivity index (χ2n) is 6.14. The molecule has 26 heavy (non-hydrogen) atoms. The van der Waals surface area contributed by atoms with Gasteiger partial charge in [-0.2, -0.15) is 0 Å². The Bertz CT molecular complexity index is 850. The quantitative estimate of drug-likeness (QED) is 0.510. The van der Waals surface area contributed by atoms with Crippen molar-refractivity contribution >= 4 is 11.9 Å². The van der Waals surface area contributed by atoms with Gasteiger partial charge in [-0.05, 0) is 35.4 Å². The van der Waals surface area contributed by atoms with Crippen molar-refractivity contribution in [3.8, 4) is 5.75 Å². The van der Waals surface area contributed by atoms with E-state index in [1.54, 1.807) is 7.11 Å². The molecule has 130 valence electrons. The Morgan fingerprint density at radius 3 is 2.12 bits per heavy atom. The molecule has 3 aromatic rings. The molecule has 3 rings (SSSR count). The highest BCUT2D eigenvalue weighted by Gasteiger charge is 2.15. The molecule has 0 aliphatic rings. The van der Waals surface area contributed by atoms with E-state index in [0.717, 1.165) is 16.9 Å². The van der Waals surface area contributed by atoms with Gasteiger partial charge in [-0.1, -0.05) is 72.8 Å². The number of hydrogen-bond acceptors (Lipinski definition) is 2. The van der Waals surface area contributed by atoms with Gasteiger partial charge in [-0.25, -0.2) is 0 Å². The SMILES string of the molecule is COc1ccc(C(=O)CC(/C=C/c2ccccc2)c2ccccc2)cc1. The average molecular weight is 342 g/mol. The van der Waals surface area contributed by atoms with Crippen molar-refractivity contribution in [1.82, 2.24) is 0 Å². The smallest absolute Gasteiger partial charge is 0.163 e. The molecule has 0 aliphatic carbocycles. The maximum Gasteiger partial charge on any atom is 0.163 e. The second-order valence-corrected chi connectivity index (χ2v) is 6.14. The zero-order valence-electron chi connectivity index (χ0n) is 14.8. The van der Waals surface area contributed by atoms with Crippen LogP contribution < -0.4 is 4.74 Å². The van der Waals surface area contributed by atoms with Crippen LogP contribution in [-0.4, -0.2) is 12.9 Å². The van der Waals surface area contributed by atoms with E-state index in [1.807, 2.05) is 60.7 Å². The van der Waals surface area contributed by atoms with E-state index >= 15 is 0 Å². The predicted octanol–water partition coefficient (Wildman–Crippen LogP) is 5.77. The molecular weight excluding hydrogens is 320 g/mol. The second kappa shape index (κ2) is 8.82. The van der Waals surface area contributed by atoms with Crippen LogP contribution in [0.4, 0.5) is 0 Å². The van der Waals surface area contributed by atoms with Crippen molar-refractivity contribution in [2.45, 2.75) is 12.3 Å². The standard InChI is InChI=1S/C24H22O2/c1-26-23-16-14-21(15-17-23)24(25)18-22(20-10-6-3-7-11-20)13-12-19-8-4-2-5-9-19/h2-17,22H,18H2,1H3/b13-12+. The molecule has 0 aromatic heterocycles. The van der Waals surface area contributed by atoms with Crippen LogP contribution in [0.3, 0.4) is 0 Å². The fourth-order valence-electron chi connectivity index (χ4n) is 2.88. The topological polar surface area (TPSA) is 26.3 Å². The van der Waals surface area contributed by atoms with Crippen LogP contribution in [0, 0.1) is 0 Å². The van der Waals surface area contributed by atoms with E-state index in [4.69, 9.17) is 4.74 Å². The van der Waals surface area contributed by atoms with Gasteiger partial charge in [0.25, 0.3) is 0 Å². The number of carbonyl (C=O) groups excluding carboxylic acids is 1. The number of hydrogen-bond donors (Lipinski definition) is 0. The summed E-state index contributed by atoms with van der Waals surface area (Å²) in [5, 5.41) is 0. The normalized spacial score (nSPS) is 12.0. The Morgan fingerprint density at radius 2 is 1.50 bits per heavy atom. The number of methoxy groups -OCH3 is 1. The minimum absolute atomic E-state index is 0.0333. The van der Waals surface area contributed by atoms with Gasteiger partial charge in [-0.3, -0.25) is 4.79 Å². The zero-order valence-corrected chi connectivity index (χ0v) is 14.8. The van der Waals surface area contributed by atoms with Crippen molar-refractivity contribution < 1.29 is 9.53 Å². The van der Waals surface area contributed by atoms with Gasteiger partial charge in [0, 0.05) is 17.9 Å². The van der Waals surface area contributed by atoms with E-state index in [1.165, 1.54) is 0 Å². The number of rotatable bonds is 7. The van der Waals surface area contributed by atoms with Crippen molar-refractivity contribution in [3.63, 3.8) is 0 Å². The molecule has 0 bridgehead atoms. The van der Waals surface area contributed by atoms with Crippen LogP contribution in [0.25, 0.3) is 6.08 Å². The first-order valence-electron chi connectivity index (χ1n) is 8.72. The molecule has 1 unspecified atom stereocenters. The summed E-state index contributed by atoms with van der Waals surface area (Å²) in [4.78, 5) is 12.8. The van der Waals surface area contributed by atoms with Crippen LogP contribution >= 0.6 is 0 Å². The summed E-state index contributed by atoms with van der Waals surface area (Å²) in [5.74, 6) is 0.912. The molecule has 2 nitrogen and oxygen atoms in total. The Hall–Kier alpha value is -3.13. The summed E-state index contributed by atoms with van der Waals surface area (Å²) in [6.45, 7) is 0. The molecule has 0 aliphatic heterocycles. The fourth-order valence-corrected chi connectivity index (χ4v) is 2.88. The molecule has 0 N–H and O–H groups in total. The van der Waals surface area contributed by atoms with Crippen LogP contribution in [0.2, 0.25) is 0 Å². The van der Waals surface area contributed by atoms with E-state index in [-0.39, 0.29) is 11.7 Å². The van der Waals surface area contributed by atoms with Gasteiger partial charge >= 0.3 is 0 Å². The molecule has 0 spiro atoms. The molecule has 0 amide bonds. The van der Waals surface area contributed by atoms with Gasteiger partial charge in [0.1, 0.15) is 5.75 Å². The number of carbonyl (C=O) groups is 1. The minimum Gasteiger partial charge on any atom is -0.497 e. The van der Waals surface area contributed by atoms with E-state index in [2.05, 4.69) is 36.4 Å². The first-order chi connectivity index (χ1) is 12.8. The first-order valence-corrected chi connectivity index (χ1v) is 8.72. The van der Waals surface area contributed by atoms with Crippen LogP contribution in [0.15, 0.2) is 91.0 Å². The van der Waals surface area contributed by atoms with Gasteiger partial charge in [0.2, 0.25) is 0 Å². The number of allylic oxidation sites excluding steroid dienone is 1. The van der Waals surface area contributed by atoms with Crippen molar-refractivity contribution in [3.05, 3.63) is 108 Å². The molecule has 0 fully saturated rings. The zero-order chi connectivity index (χ0) is 18.2. The van der Waals surface area contributed by atoms with Crippen molar-refractivity contribution in [1.29, 1.82) is 0 Å². The Balaban J connectivity index is 1.81. The lowest BCUT2D eigenvalue weighted by Crippen LogP contribution is -2.06. The predicted molar refractivity (Wildman–Crippen MR) is 107 cm³/mol. The minimum atomic E-state index is 0.0333. The maximum absolute atomic E-state index is 12.8. The monoisotopic (exact) mass is 342 g/mol. The van der Waals surface area contributed by atoms with Gasteiger partial charge in [-0.15, -0.1) is 0 Å². The van der Waals surface area contributed by atoms with Gasteiger partial charge in [0.05, 0.1) is 7.11 Å². The molecule has 0 heterocycles. The number of ketones is 1. The molecular formula is C24H22O2. The average Bonchev–Trinajstić information content (AvgIpc) is 2.72. The molecule has 2 heteroatoms. The van der Waals surface area contributed by atoms with E-state index in [0.29, 0.717) is 12.0 Å². The molecule has 0 saturated carbocycles. The summed E-state index contributed by atoms with van der Waals surface area (Å²) in [7, 11) is 1.62. The van der Waals surface area contributed by atoms with E-state index in [9.17, 15) is 4.79 Å². The van der Waals surface area contributed by atoms with Crippen LogP contribution in [0.1, 0.15) is 33.8 Å². The molecule has 0 radical (unpaired) electrons. The van der Waals surface area contributed by atoms with Crippen molar-refractivity contribution in [2.75, 3.05) is 7.11 Å². The highest BCUT2D eigenvalue weighted by atomic mass is 16.5. The van der Waals surface area contributed by atoms with E-state index < -0.39 is 0 Å². The number of ether oxygens (including phenoxy) is 1. The summed E-state index contributed by atoms with van der Waals surface area (Å²) in [5.41, 5.74) is 2.98. The fraction of sp³-hybridized carbons (Fsp3) is 0.125. The third kappa shape index (κ3) is 4.70. The first kappa shape index (κ1) is 17.7. The highest BCUT2D eigenvalue weighted by Crippen LogP contribution is 2.25. The van der Waals surface area contributed by atoms with Gasteiger partial charge < -0.3 is 4.74 Å². The third-order valence-corrected chi connectivity index (χ3v) is 4.37. The summed E-state index contributed by atoms with van der Waals surface area (Å²) in [6, 6.07) is 27.6. The lowest BCUT2D eigenvalue weighted by atomic mass is 9.90. The highest BCUT2D eigenvalue weighted by molar-refractivity contribution is 5.96.